The predicted molar refractivity (Wildman–Crippen MR) is 67.7 cm³/mol. The molecule has 2 fully saturated rings. The molecular formula is C14H25NO2. The van der Waals surface area contributed by atoms with E-state index in [-0.39, 0.29) is 5.91 Å². The first kappa shape index (κ1) is 12.9. The SMILES string of the molecule is CN(C(=O)CC1(O)CCCC1)C1CCCCC1. The lowest BCUT2D eigenvalue weighted by molar-refractivity contribution is -0.137. The van der Waals surface area contributed by atoms with Crippen LogP contribution in [0.2, 0.25) is 0 Å². The predicted octanol–water partition coefficient (Wildman–Crippen LogP) is 2.47. The van der Waals surface area contributed by atoms with Gasteiger partial charge in [-0.25, -0.2) is 0 Å². The molecule has 0 aromatic heterocycles. The molecular weight excluding hydrogens is 214 g/mol. The Morgan fingerprint density at radius 2 is 1.76 bits per heavy atom. The largest absolute Gasteiger partial charge is 0.389 e. The molecule has 2 aliphatic rings. The maximum absolute atomic E-state index is 12.2. The van der Waals surface area contributed by atoms with Crippen molar-refractivity contribution in [3.05, 3.63) is 0 Å². The fraction of sp³-hybridized carbons (Fsp3) is 0.929. The average molecular weight is 239 g/mol. The van der Waals surface area contributed by atoms with Crippen LogP contribution in [0.15, 0.2) is 0 Å². The highest BCUT2D eigenvalue weighted by atomic mass is 16.3. The van der Waals surface area contributed by atoms with Crippen LogP contribution in [0.3, 0.4) is 0 Å². The molecule has 0 saturated heterocycles. The van der Waals surface area contributed by atoms with Gasteiger partial charge in [0.15, 0.2) is 0 Å². The topological polar surface area (TPSA) is 40.5 Å². The van der Waals surface area contributed by atoms with Crippen molar-refractivity contribution < 1.29 is 9.90 Å². The summed E-state index contributed by atoms with van der Waals surface area (Å²) in [6, 6.07) is 0.418. The minimum absolute atomic E-state index is 0.140. The Labute approximate surface area is 104 Å². The molecule has 0 aromatic rings. The Balaban J connectivity index is 1.85. The first-order valence-electron chi connectivity index (χ1n) is 7.09. The highest BCUT2D eigenvalue weighted by Crippen LogP contribution is 2.33. The molecule has 2 aliphatic carbocycles. The molecule has 0 heterocycles. The molecule has 0 atom stereocenters. The van der Waals surface area contributed by atoms with Gasteiger partial charge in [-0.3, -0.25) is 4.79 Å². The average Bonchev–Trinajstić information content (AvgIpc) is 2.76. The van der Waals surface area contributed by atoms with Crippen molar-refractivity contribution in [2.45, 2.75) is 75.9 Å². The number of aliphatic hydroxyl groups is 1. The third kappa shape index (κ3) is 3.21. The lowest BCUT2D eigenvalue weighted by Crippen LogP contribution is -2.42. The van der Waals surface area contributed by atoms with E-state index in [0.717, 1.165) is 38.5 Å². The van der Waals surface area contributed by atoms with Crippen molar-refractivity contribution in [1.82, 2.24) is 4.90 Å². The zero-order valence-corrected chi connectivity index (χ0v) is 11.0. The van der Waals surface area contributed by atoms with E-state index < -0.39 is 5.60 Å². The Morgan fingerprint density at radius 1 is 1.18 bits per heavy atom. The quantitative estimate of drug-likeness (QED) is 0.822. The second kappa shape index (κ2) is 5.38. The van der Waals surface area contributed by atoms with Gasteiger partial charge in [-0.1, -0.05) is 32.1 Å². The van der Waals surface area contributed by atoms with Gasteiger partial charge in [-0.05, 0) is 25.7 Å². The maximum atomic E-state index is 12.2. The van der Waals surface area contributed by atoms with Gasteiger partial charge >= 0.3 is 0 Å². The highest BCUT2D eigenvalue weighted by molar-refractivity contribution is 5.77. The molecule has 0 aromatic carbocycles. The van der Waals surface area contributed by atoms with Crippen LogP contribution in [-0.4, -0.2) is 34.6 Å². The van der Waals surface area contributed by atoms with Crippen LogP contribution >= 0.6 is 0 Å². The lowest BCUT2D eigenvalue weighted by atomic mass is 9.92. The summed E-state index contributed by atoms with van der Waals surface area (Å²) in [5, 5.41) is 10.3. The molecule has 1 N–H and O–H groups in total. The van der Waals surface area contributed by atoms with Crippen molar-refractivity contribution in [3.8, 4) is 0 Å². The van der Waals surface area contributed by atoms with E-state index in [2.05, 4.69) is 0 Å². The van der Waals surface area contributed by atoms with Gasteiger partial charge in [-0.2, -0.15) is 0 Å². The molecule has 2 rings (SSSR count). The first-order valence-corrected chi connectivity index (χ1v) is 7.09. The van der Waals surface area contributed by atoms with Gasteiger partial charge in [0, 0.05) is 13.1 Å². The van der Waals surface area contributed by atoms with Crippen LogP contribution in [-0.2, 0) is 4.79 Å². The summed E-state index contributed by atoms with van der Waals surface area (Å²) in [6.45, 7) is 0. The van der Waals surface area contributed by atoms with Crippen molar-refractivity contribution in [2.75, 3.05) is 7.05 Å². The molecule has 1 amide bonds. The van der Waals surface area contributed by atoms with Gasteiger partial charge in [0.25, 0.3) is 0 Å². The summed E-state index contributed by atoms with van der Waals surface area (Å²) in [5.74, 6) is 0.140. The minimum Gasteiger partial charge on any atom is -0.389 e. The molecule has 3 heteroatoms. The number of amides is 1. The second-order valence-electron chi connectivity index (χ2n) is 5.90. The van der Waals surface area contributed by atoms with E-state index in [1.807, 2.05) is 11.9 Å². The van der Waals surface area contributed by atoms with E-state index in [1.165, 1.54) is 19.3 Å². The van der Waals surface area contributed by atoms with Crippen LogP contribution in [0, 0.1) is 0 Å². The Kier molecular flexibility index (Phi) is 4.08. The highest BCUT2D eigenvalue weighted by Gasteiger charge is 2.35. The summed E-state index contributed by atoms with van der Waals surface area (Å²) in [7, 11) is 1.91. The monoisotopic (exact) mass is 239 g/mol. The van der Waals surface area contributed by atoms with Crippen molar-refractivity contribution >= 4 is 5.91 Å². The number of rotatable bonds is 3. The molecule has 0 unspecified atom stereocenters. The number of carbonyl (C=O) groups is 1. The smallest absolute Gasteiger partial charge is 0.225 e. The Bertz CT molecular complexity index is 265. The van der Waals surface area contributed by atoms with Crippen LogP contribution in [0.5, 0.6) is 0 Å². The Morgan fingerprint density at radius 3 is 2.35 bits per heavy atom. The van der Waals surface area contributed by atoms with Crippen molar-refractivity contribution in [3.63, 3.8) is 0 Å². The van der Waals surface area contributed by atoms with Crippen LogP contribution in [0.1, 0.15) is 64.2 Å². The number of carbonyl (C=O) groups excluding carboxylic acids is 1. The third-order valence-corrected chi connectivity index (χ3v) is 4.53. The van der Waals surface area contributed by atoms with Gasteiger partial charge < -0.3 is 10.0 Å². The fourth-order valence-electron chi connectivity index (χ4n) is 3.29. The van der Waals surface area contributed by atoms with Gasteiger partial charge in [0.2, 0.25) is 5.91 Å². The standard InChI is InChI=1S/C14H25NO2/c1-15(12-7-3-2-4-8-12)13(16)11-14(17)9-5-6-10-14/h12,17H,2-11H2,1H3. The number of hydrogen-bond acceptors (Lipinski definition) is 2. The molecule has 0 spiro atoms. The molecule has 3 nitrogen and oxygen atoms in total. The van der Waals surface area contributed by atoms with E-state index in [0.29, 0.717) is 12.5 Å². The van der Waals surface area contributed by atoms with E-state index >= 15 is 0 Å². The van der Waals surface area contributed by atoms with E-state index in [1.54, 1.807) is 0 Å². The van der Waals surface area contributed by atoms with Gasteiger partial charge in [-0.15, -0.1) is 0 Å². The normalized spacial score (nSPS) is 24.8. The zero-order chi connectivity index (χ0) is 12.3. The van der Waals surface area contributed by atoms with Crippen molar-refractivity contribution in [2.24, 2.45) is 0 Å². The second-order valence-corrected chi connectivity index (χ2v) is 5.90. The number of nitrogens with zero attached hydrogens (tertiary/aromatic N) is 1. The molecule has 2 saturated carbocycles. The molecule has 98 valence electrons. The molecule has 0 bridgehead atoms. The summed E-state index contributed by atoms with van der Waals surface area (Å²) >= 11 is 0. The molecule has 0 radical (unpaired) electrons. The van der Waals surface area contributed by atoms with Gasteiger partial charge in [0.1, 0.15) is 0 Å². The maximum Gasteiger partial charge on any atom is 0.225 e. The summed E-state index contributed by atoms with van der Waals surface area (Å²) in [6.07, 6.45) is 10.1. The summed E-state index contributed by atoms with van der Waals surface area (Å²) in [4.78, 5) is 14.1. The third-order valence-electron chi connectivity index (χ3n) is 4.53. The minimum atomic E-state index is -0.694. The number of hydrogen-bond donors (Lipinski definition) is 1. The first-order chi connectivity index (χ1) is 8.11. The molecule has 17 heavy (non-hydrogen) atoms. The zero-order valence-electron chi connectivity index (χ0n) is 11.0. The fourth-order valence-corrected chi connectivity index (χ4v) is 3.29. The van der Waals surface area contributed by atoms with Crippen molar-refractivity contribution in [1.29, 1.82) is 0 Å². The molecule has 0 aliphatic heterocycles. The van der Waals surface area contributed by atoms with Crippen LogP contribution in [0.25, 0.3) is 0 Å². The summed E-state index contributed by atoms with van der Waals surface area (Å²) < 4.78 is 0. The van der Waals surface area contributed by atoms with Crippen LogP contribution in [0.4, 0.5) is 0 Å². The van der Waals surface area contributed by atoms with E-state index in [4.69, 9.17) is 0 Å². The van der Waals surface area contributed by atoms with Crippen LogP contribution < -0.4 is 0 Å². The lowest BCUT2D eigenvalue weighted by Gasteiger charge is -2.33. The van der Waals surface area contributed by atoms with E-state index in [9.17, 15) is 9.90 Å². The van der Waals surface area contributed by atoms with Gasteiger partial charge in [0.05, 0.1) is 12.0 Å². The Hall–Kier alpha value is -0.570. The summed E-state index contributed by atoms with van der Waals surface area (Å²) in [5.41, 5.74) is -0.694.